The van der Waals surface area contributed by atoms with E-state index in [1.165, 1.54) is 12.1 Å². The monoisotopic (exact) mass is 192 g/mol. The Morgan fingerprint density at radius 1 is 1.07 bits per heavy atom. The quantitative estimate of drug-likeness (QED) is 0.668. The molecule has 2 heteroatoms. The Morgan fingerprint density at radius 3 is 2.07 bits per heavy atom. The molecule has 0 bridgehead atoms. The van der Waals surface area contributed by atoms with Gasteiger partial charge in [-0.25, -0.2) is 4.39 Å². The second-order valence-corrected chi connectivity index (χ2v) is 4.06. The fraction of sp³-hybridized carbons (Fsp3) is 0.417. The van der Waals surface area contributed by atoms with Gasteiger partial charge in [0.05, 0.1) is 0 Å². The molecule has 14 heavy (non-hydrogen) atoms. The largest absolute Gasteiger partial charge is 0.299 e. The molecule has 1 fully saturated rings. The van der Waals surface area contributed by atoms with E-state index >= 15 is 0 Å². The Kier molecular flexibility index (Phi) is 2.14. The van der Waals surface area contributed by atoms with E-state index in [0.717, 1.165) is 5.56 Å². The smallest absolute Gasteiger partial charge is 0.139 e. The number of benzene rings is 1. The van der Waals surface area contributed by atoms with Crippen molar-refractivity contribution < 1.29 is 9.18 Å². The summed E-state index contributed by atoms with van der Waals surface area (Å²) in [5.41, 5.74) is 1.08. The van der Waals surface area contributed by atoms with Gasteiger partial charge in [0, 0.05) is 17.8 Å². The van der Waals surface area contributed by atoms with Crippen molar-refractivity contribution in [3.8, 4) is 0 Å². The molecule has 1 aliphatic carbocycles. The van der Waals surface area contributed by atoms with Crippen molar-refractivity contribution in [2.24, 2.45) is 11.8 Å². The van der Waals surface area contributed by atoms with Crippen molar-refractivity contribution in [2.75, 3.05) is 0 Å². The number of carbonyl (C=O) groups excluding carboxylic acids is 1. The van der Waals surface area contributed by atoms with E-state index in [2.05, 4.69) is 0 Å². The molecule has 74 valence electrons. The second kappa shape index (κ2) is 3.19. The van der Waals surface area contributed by atoms with E-state index in [4.69, 9.17) is 0 Å². The number of hydrogen-bond donors (Lipinski definition) is 0. The van der Waals surface area contributed by atoms with Crippen LogP contribution in [0.4, 0.5) is 4.39 Å². The number of Topliss-reactive ketones (excluding diaryl/α,β-unsaturated/α-hetero) is 1. The third kappa shape index (κ3) is 1.26. The summed E-state index contributed by atoms with van der Waals surface area (Å²) in [6, 6.07) is 6.47. The molecule has 0 N–H and O–H groups in total. The van der Waals surface area contributed by atoms with Crippen LogP contribution in [-0.2, 0) is 4.79 Å². The van der Waals surface area contributed by atoms with Gasteiger partial charge in [-0.15, -0.1) is 0 Å². The van der Waals surface area contributed by atoms with Crippen LogP contribution in [0, 0.1) is 17.7 Å². The highest BCUT2D eigenvalue weighted by atomic mass is 19.1. The van der Waals surface area contributed by atoms with Crippen LogP contribution >= 0.6 is 0 Å². The van der Waals surface area contributed by atoms with E-state index in [1.807, 2.05) is 13.8 Å². The molecule has 0 aliphatic heterocycles. The van der Waals surface area contributed by atoms with Crippen LogP contribution in [0.3, 0.4) is 0 Å². The first-order valence-electron chi connectivity index (χ1n) is 4.90. The first kappa shape index (κ1) is 9.38. The van der Waals surface area contributed by atoms with Crippen LogP contribution < -0.4 is 0 Å². The highest BCUT2D eigenvalue weighted by Gasteiger charge is 2.44. The van der Waals surface area contributed by atoms with Crippen LogP contribution in [-0.4, -0.2) is 5.78 Å². The van der Waals surface area contributed by atoms with Gasteiger partial charge in [0.25, 0.3) is 0 Å². The topological polar surface area (TPSA) is 17.1 Å². The Labute approximate surface area is 82.9 Å². The first-order valence-corrected chi connectivity index (χ1v) is 4.90. The number of rotatable bonds is 1. The van der Waals surface area contributed by atoms with Gasteiger partial charge in [0.15, 0.2) is 0 Å². The van der Waals surface area contributed by atoms with Gasteiger partial charge in [-0.3, -0.25) is 4.79 Å². The number of carbonyl (C=O) groups is 1. The summed E-state index contributed by atoms with van der Waals surface area (Å²) >= 11 is 0. The highest BCUT2D eigenvalue weighted by Crippen LogP contribution is 2.43. The van der Waals surface area contributed by atoms with Gasteiger partial charge in [-0.05, 0) is 17.7 Å². The van der Waals surface area contributed by atoms with Gasteiger partial charge >= 0.3 is 0 Å². The maximum Gasteiger partial charge on any atom is 0.139 e. The molecule has 1 saturated carbocycles. The Morgan fingerprint density at radius 2 is 1.57 bits per heavy atom. The molecule has 0 aromatic heterocycles. The van der Waals surface area contributed by atoms with Crippen molar-refractivity contribution in [3.63, 3.8) is 0 Å². The van der Waals surface area contributed by atoms with Crippen LogP contribution in [0.2, 0.25) is 0 Å². The molecule has 0 radical (unpaired) electrons. The average molecular weight is 192 g/mol. The minimum Gasteiger partial charge on any atom is -0.299 e. The summed E-state index contributed by atoms with van der Waals surface area (Å²) in [4.78, 5) is 11.3. The van der Waals surface area contributed by atoms with Crippen molar-refractivity contribution in [2.45, 2.75) is 19.8 Å². The molecule has 1 aromatic rings. The standard InChI is InChI=1S/C12H13FO/c1-7-11(8(2)12(7)14)9-3-5-10(13)6-4-9/h3-8,11H,1-2H3. The Balaban J connectivity index is 2.24. The van der Waals surface area contributed by atoms with Gasteiger partial charge in [-0.2, -0.15) is 0 Å². The summed E-state index contributed by atoms with van der Waals surface area (Å²) in [6.07, 6.45) is 0. The zero-order chi connectivity index (χ0) is 10.3. The molecule has 0 saturated heterocycles. The predicted octanol–water partition coefficient (Wildman–Crippen LogP) is 2.76. The lowest BCUT2D eigenvalue weighted by Gasteiger charge is -2.39. The van der Waals surface area contributed by atoms with E-state index in [-0.39, 0.29) is 23.6 Å². The minimum atomic E-state index is -0.222. The maximum absolute atomic E-state index is 12.7. The van der Waals surface area contributed by atoms with E-state index in [1.54, 1.807) is 12.1 Å². The summed E-state index contributed by atoms with van der Waals surface area (Å²) in [6.45, 7) is 3.88. The molecule has 2 unspecified atom stereocenters. The highest BCUT2D eigenvalue weighted by molar-refractivity contribution is 5.91. The summed E-state index contributed by atoms with van der Waals surface area (Å²) in [7, 11) is 0. The molecule has 2 atom stereocenters. The minimum absolute atomic E-state index is 0.0930. The molecular formula is C12H13FO. The van der Waals surface area contributed by atoms with Gasteiger partial charge in [0.2, 0.25) is 0 Å². The average Bonchev–Trinajstić information content (AvgIpc) is 2.21. The Bertz CT molecular complexity index is 343. The van der Waals surface area contributed by atoms with Crippen LogP contribution in [0.25, 0.3) is 0 Å². The summed E-state index contributed by atoms with van der Waals surface area (Å²) < 4.78 is 12.7. The summed E-state index contributed by atoms with van der Waals surface area (Å²) in [5, 5.41) is 0. The van der Waals surface area contributed by atoms with Crippen molar-refractivity contribution >= 4 is 5.78 Å². The number of halogens is 1. The zero-order valence-corrected chi connectivity index (χ0v) is 8.33. The fourth-order valence-corrected chi connectivity index (χ4v) is 2.35. The fourth-order valence-electron chi connectivity index (χ4n) is 2.35. The normalized spacial score (nSPS) is 31.4. The van der Waals surface area contributed by atoms with E-state index in [9.17, 15) is 9.18 Å². The molecule has 1 aromatic carbocycles. The molecule has 0 amide bonds. The second-order valence-electron chi connectivity index (χ2n) is 4.06. The van der Waals surface area contributed by atoms with E-state index < -0.39 is 0 Å². The molecule has 1 aliphatic rings. The van der Waals surface area contributed by atoms with E-state index in [0.29, 0.717) is 5.78 Å². The van der Waals surface area contributed by atoms with Crippen LogP contribution in [0.15, 0.2) is 24.3 Å². The van der Waals surface area contributed by atoms with Crippen molar-refractivity contribution in [1.29, 1.82) is 0 Å². The Hall–Kier alpha value is -1.18. The molecule has 0 spiro atoms. The number of ketones is 1. The predicted molar refractivity (Wildman–Crippen MR) is 52.5 cm³/mol. The SMILES string of the molecule is CC1C(=O)C(C)C1c1ccc(F)cc1. The van der Waals surface area contributed by atoms with Gasteiger partial charge in [-0.1, -0.05) is 26.0 Å². The van der Waals surface area contributed by atoms with Crippen LogP contribution in [0.1, 0.15) is 25.3 Å². The van der Waals surface area contributed by atoms with Crippen LogP contribution in [0.5, 0.6) is 0 Å². The summed E-state index contributed by atoms with van der Waals surface area (Å²) in [5.74, 6) is 0.563. The lowest BCUT2D eigenvalue weighted by atomic mass is 9.62. The van der Waals surface area contributed by atoms with Gasteiger partial charge < -0.3 is 0 Å². The molecule has 1 nitrogen and oxygen atoms in total. The lowest BCUT2D eigenvalue weighted by Crippen LogP contribution is -2.42. The third-order valence-corrected chi connectivity index (χ3v) is 3.23. The van der Waals surface area contributed by atoms with Crippen molar-refractivity contribution in [3.05, 3.63) is 35.6 Å². The first-order chi connectivity index (χ1) is 6.61. The van der Waals surface area contributed by atoms with Gasteiger partial charge in [0.1, 0.15) is 11.6 Å². The molecule has 2 rings (SSSR count). The van der Waals surface area contributed by atoms with Crippen molar-refractivity contribution in [1.82, 2.24) is 0 Å². The maximum atomic E-state index is 12.7. The third-order valence-electron chi connectivity index (χ3n) is 3.23. The number of hydrogen-bond acceptors (Lipinski definition) is 1. The molecule has 0 heterocycles. The zero-order valence-electron chi connectivity index (χ0n) is 8.33. The molecular weight excluding hydrogens is 179 g/mol. The lowest BCUT2D eigenvalue weighted by molar-refractivity contribution is -0.136.